The first-order valence-electron chi connectivity index (χ1n) is 29.2. The Morgan fingerprint density at radius 1 is 0.639 bits per heavy atom. The first kappa shape index (κ1) is 63.5. The number of aliphatic hydroxyl groups excluding tert-OH is 1. The molecule has 2 unspecified atom stereocenters. The van der Waals surface area contributed by atoms with Gasteiger partial charge in [-0.2, -0.15) is 28.8 Å². The number of aryl methyl sites for hydroxylation is 2. The normalized spacial score (nSPS) is 23.3. The van der Waals surface area contributed by atoms with Crippen molar-refractivity contribution in [2.24, 2.45) is 0 Å². The quantitative estimate of drug-likeness (QED) is 0.0486. The number of carbonyl (C=O) groups is 2. The van der Waals surface area contributed by atoms with Gasteiger partial charge in [-0.3, -0.25) is 10.2 Å². The lowest BCUT2D eigenvalue weighted by molar-refractivity contribution is 0.00629. The van der Waals surface area contributed by atoms with Crippen molar-refractivity contribution in [2.45, 2.75) is 218 Å². The van der Waals surface area contributed by atoms with Crippen LogP contribution in [0.2, 0.25) is 0 Å². The van der Waals surface area contributed by atoms with Gasteiger partial charge in [-0.25, -0.2) is 45.2 Å². The molecule has 24 nitrogen and oxygen atoms in total. The number of nitrogens with one attached hydrogen (secondary N) is 4. The maximum absolute atomic E-state index is 15.6. The SMILES string of the molecule is CCS(=O)(=O)N1[C@@H]2CCC[C@H]1CC(N(C)c1nc(CO)c(F)c(Nc3cc(C)[nH]n3)n1)C2.CCS(=O)(=O)N1[C@@H]2CCC[C@H]1CC(N(C)c1nc(COC(=O)OC3CCCCC3)c(F)c(Nc3cc(C)[nH]n3)n1)C2.O=C(Cl)OC1CCCCC1. The van der Waals surface area contributed by atoms with E-state index in [4.69, 9.17) is 25.8 Å². The Hall–Kier alpha value is -5.55. The molecule has 2 saturated carbocycles. The molecule has 4 aliphatic heterocycles. The minimum Gasteiger partial charge on any atom is -0.450 e. The van der Waals surface area contributed by atoms with Gasteiger partial charge in [0.1, 0.15) is 30.2 Å². The summed E-state index contributed by atoms with van der Waals surface area (Å²) in [4.78, 5) is 43.9. The van der Waals surface area contributed by atoms with Gasteiger partial charge in [-0.05, 0) is 130 Å². The number of piperidine rings is 4. The maximum Gasteiger partial charge on any atom is 0.508 e. The van der Waals surface area contributed by atoms with Gasteiger partial charge in [-0.15, -0.1) is 0 Å². The fourth-order valence-electron chi connectivity index (χ4n) is 12.4. The number of aromatic amines is 2. The summed E-state index contributed by atoms with van der Waals surface area (Å²) in [6.07, 6.45) is 17.2. The lowest BCUT2D eigenvalue weighted by atomic mass is 9.83. The number of carbonyl (C=O) groups excluding carboxylic acids is 2. The Kier molecular flexibility index (Phi) is 21.8. The van der Waals surface area contributed by atoms with Crippen molar-refractivity contribution < 1.29 is 54.5 Å². The van der Waals surface area contributed by atoms with Crippen LogP contribution in [0.3, 0.4) is 0 Å². The summed E-state index contributed by atoms with van der Waals surface area (Å²) >= 11 is 5.05. The highest BCUT2D eigenvalue weighted by molar-refractivity contribution is 7.89. The number of H-pyrrole nitrogens is 2. The van der Waals surface area contributed by atoms with E-state index in [1.54, 1.807) is 34.6 Å². The highest BCUT2D eigenvalue weighted by atomic mass is 35.5. The second kappa shape index (κ2) is 28.6. The molecule has 0 aromatic carbocycles. The first-order valence-corrected chi connectivity index (χ1v) is 32.8. The number of nitrogens with zero attached hydrogens (tertiary/aromatic N) is 10. The Labute approximate surface area is 490 Å². The zero-order chi connectivity index (χ0) is 59.6. The molecule has 6 atom stereocenters. The highest BCUT2D eigenvalue weighted by Gasteiger charge is 2.47. The minimum absolute atomic E-state index is 0.00564. The third-order valence-electron chi connectivity index (χ3n) is 16.7. The minimum atomic E-state index is -3.32. The number of anilines is 6. The highest BCUT2D eigenvalue weighted by Crippen LogP contribution is 2.41. The number of hydrogen-bond acceptors (Lipinski definition) is 20. The molecule has 5 N–H and O–H groups in total. The molecule has 0 amide bonds. The fraction of sp³-hybridized carbons (Fsp3) is 0.704. The maximum atomic E-state index is 15.6. The molecule has 4 saturated heterocycles. The number of hydrogen-bond donors (Lipinski definition) is 5. The van der Waals surface area contributed by atoms with E-state index in [9.17, 15) is 35.9 Å². The monoisotopic (exact) mass is 1220 g/mol. The summed E-state index contributed by atoms with van der Waals surface area (Å²) in [6, 6.07) is 3.09. The number of aliphatic hydroxyl groups is 1. The van der Waals surface area contributed by atoms with E-state index in [0.29, 0.717) is 37.3 Å². The Balaban J connectivity index is 0.000000189. The lowest BCUT2D eigenvalue weighted by Crippen LogP contribution is -2.58. The van der Waals surface area contributed by atoms with Crippen molar-refractivity contribution in [1.82, 2.24) is 48.9 Å². The van der Waals surface area contributed by atoms with E-state index >= 15 is 4.39 Å². The summed E-state index contributed by atoms with van der Waals surface area (Å²) in [5.41, 5.74) is 0.730. The average Bonchev–Trinajstić information content (AvgIpc) is 4.09. The van der Waals surface area contributed by atoms with Gasteiger partial charge in [0.05, 0.1) is 18.1 Å². The van der Waals surface area contributed by atoms with Crippen LogP contribution in [-0.4, -0.2) is 157 Å². The van der Waals surface area contributed by atoms with Gasteiger partial charge in [0, 0.05) is 85.5 Å². The molecule has 10 rings (SSSR count). The summed E-state index contributed by atoms with van der Waals surface area (Å²) in [6.45, 7) is 6.03. The summed E-state index contributed by atoms with van der Waals surface area (Å²) in [7, 11) is -2.92. The molecule has 4 bridgehead atoms. The van der Waals surface area contributed by atoms with Crippen LogP contribution in [0, 0.1) is 25.5 Å². The van der Waals surface area contributed by atoms with Crippen LogP contribution in [-0.2, 0) is 47.5 Å². The first-order chi connectivity index (χ1) is 39.7. The van der Waals surface area contributed by atoms with Gasteiger partial charge < -0.3 is 39.8 Å². The van der Waals surface area contributed by atoms with Crippen molar-refractivity contribution in [3.63, 3.8) is 0 Å². The van der Waals surface area contributed by atoms with Crippen molar-refractivity contribution in [3.8, 4) is 0 Å². The van der Waals surface area contributed by atoms with Crippen molar-refractivity contribution in [3.05, 3.63) is 46.5 Å². The molecule has 6 aliphatic rings. The van der Waals surface area contributed by atoms with Crippen molar-refractivity contribution in [2.75, 3.05) is 46.0 Å². The zero-order valence-electron chi connectivity index (χ0n) is 48.3. The van der Waals surface area contributed by atoms with E-state index in [2.05, 4.69) is 51.0 Å². The van der Waals surface area contributed by atoms with Crippen LogP contribution in [0.25, 0.3) is 0 Å². The molecular formula is C54H81ClF2N14O10S2. The second-order valence-electron chi connectivity index (χ2n) is 22.5. The smallest absolute Gasteiger partial charge is 0.450 e. The van der Waals surface area contributed by atoms with E-state index in [-0.39, 0.29) is 94.9 Å². The average molecular weight is 1220 g/mol. The summed E-state index contributed by atoms with van der Waals surface area (Å²) in [5, 5.41) is 29.1. The Bertz CT molecular complexity index is 3030. The van der Waals surface area contributed by atoms with E-state index in [1.807, 2.05) is 37.7 Å². The number of aromatic nitrogens is 8. The molecule has 460 valence electrons. The van der Waals surface area contributed by atoms with E-state index < -0.39 is 56.5 Å². The topological polar surface area (TPSA) is 296 Å². The number of ether oxygens (including phenoxy) is 3. The molecule has 0 radical (unpaired) electrons. The molecule has 6 fully saturated rings. The molecule has 83 heavy (non-hydrogen) atoms. The van der Waals surface area contributed by atoms with Crippen molar-refractivity contribution in [1.29, 1.82) is 0 Å². The predicted octanol–water partition coefficient (Wildman–Crippen LogP) is 9.30. The number of fused-ring (bicyclic) bond motifs is 4. The van der Waals surface area contributed by atoms with Crippen LogP contribution in [0.1, 0.15) is 165 Å². The van der Waals surface area contributed by atoms with Gasteiger partial charge in [0.25, 0.3) is 0 Å². The summed E-state index contributed by atoms with van der Waals surface area (Å²) in [5.74, 6) is -0.160. The number of rotatable bonds is 17. The van der Waals surface area contributed by atoms with Crippen LogP contribution in [0.15, 0.2) is 12.1 Å². The standard InChI is InChI=1S/C27H40FN7O5S.C20H30FN7O3S.C7H11ClO2/c1-4-41(37,38)35-18-9-8-10-19(35)15-20(14-18)34(3)26-29-22(16-39-27(36)40-21-11-6-5-7-12-21)24(28)25(31-26)30-23-13-17(2)32-33-23;1-4-32(30,31)28-13-6-5-7-14(28)10-15(9-13)27(3)20-22-16(11-29)18(21)19(24-20)23-17-8-12(2)25-26-17;8-7(9)10-6-4-2-1-3-5-6/h13,18-21H,4-12,14-16H2,1-3H3,(H2,29,30,31,32,33);8,13-15,29H,4-7,9-11H2,1-3H3,(H2,22,23,24,25,26);6H,1-5H2/t18-,19+,20?;13-,14+,15?;. The molecule has 0 spiro atoms. The Morgan fingerprint density at radius 2 is 1.04 bits per heavy atom. The number of sulfonamides is 2. The third-order valence-corrected chi connectivity index (χ3v) is 20.7. The molecule has 8 heterocycles. The van der Waals surface area contributed by atoms with Crippen LogP contribution >= 0.6 is 11.6 Å². The van der Waals surface area contributed by atoms with Crippen LogP contribution in [0.5, 0.6) is 0 Å². The molecule has 2 aliphatic carbocycles. The van der Waals surface area contributed by atoms with E-state index in [1.165, 1.54) is 6.42 Å². The predicted molar refractivity (Wildman–Crippen MR) is 309 cm³/mol. The van der Waals surface area contributed by atoms with Gasteiger partial charge in [0.2, 0.25) is 31.9 Å². The molecule has 4 aromatic heterocycles. The largest absolute Gasteiger partial charge is 0.508 e. The molecule has 29 heteroatoms. The van der Waals surface area contributed by atoms with Crippen molar-refractivity contribution >= 4 is 78.4 Å². The zero-order valence-corrected chi connectivity index (χ0v) is 50.7. The van der Waals surface area contributed by atoms with Crippen LogP contribution < -0.4 is 20.4 Å². The van der Waals surface area contributed by atoms with Gasteiger partial charge in [-0.1, -0.05) is 25.7 Å². The molecular weight excluding hydrogens is 1140 g/mol. The fourth-order valence-corrected chi connectivity index (χ4v) is 15.7. The number of halogens is 3. The summed E-state index contributed by atoms with van der Waals surface area (Å²) < 4.78 is 100. The lowest BCUT2D eigenvalue weighted by Gasteiger charge is -2.49. The second-order valence-corrected chi connectivity index (χ2v) is 27.1. The van der Waals surface area contributed by atoms with Crippen LogP contribution in [0.4, 0.5) is 53.5 Å². The molecule has 4 aromatic rings. The van der Waals surface area contributed by atoms with Gasteiger partial charge >= 0.3 is 11.6 Å². The van der Waals surface area contributed by atoms with E-state index in [0.717, 1.165) is 108 Å². The van der Waals surface area contributed by atoms with Gasteiger partial charge in [0.15, 0.2) is 34.9 Å². The third kappa shape index (κ3) is 16.3. The Morgan fingerprint density at radius 3 is 1.41 bits per heavy atom.